The number of benzene rings is 2. The zero-order chi connectivity index (χ0) is 16.4. The summed E-state index contributed by atoms with van der Waals surface area (Å²) in [6.45, 7) is 0. The topological polar surface area (TPSA) is 46.5 Å². The van der Waals surface area contributed by atoms with Crippen LogP contribution in [-0.4, -0.2) is 17.3 Å². The van der Waals surface area contributed by atoms with Crippen molar-refractivity contribution in [3.05, 3.63) is 53.1 Å². The summed E-state index contributed by atoms with van der Waals surface area (Å²) in [6.07, 6.45) is 1.27. The van der Waals surface area contributed by atoms with Crippen molar-refractivity contribution in [2.24, 2.45) is 0 Å². The number of carboxylic acids is 1. The van der Waals surface area contributed by atoms with Gasteiger partial charge in [-0.1, -0.05) is 0 Å². The molecule has 0 bridgehead atoms. The molecule has 0 heterocycles. The van der Waals surface area contributed by atoms with Crippen LogP contribution < -0.4 is 4.74 Å². The number of rotatable bonds is 4. The van der Waals surface area contributed by atoms with Gasteiger partial charge in [0.15, 0.2) is 11.6 Å². The van der Waals surface area contributed by atoms with Crippen LogP contribution in [0.25, 0.3) is 0 Å². The monoisotopic (exact) mass is 332 g/mol. The Morgan fingerprint density at radius 3 is 1.91 bits per heavy atom. The first-order chi connectivity index (χ1) is 10.4. The molecule has 0 radical (unpaired) electrons. The Morgan fingerprint density at radius 1 is 1.00 bits per heavy atom. The van der Waals surface area contributed by atoms with Crippen LogP contribution >= 0.6 is 11.8 Å². The molecule has 2 rings (SSSR count). The largest absolute Gasteiger partial charge is 0.478 e. The van der Waals surface area contributed by atoms with Crippen LogP contribution in [0.3, 0.4) is 0 Å². The lowest BCUT2D eigenvalue weighted by Gasteiger charge is -2.11. The molecule has 8 heteroatoms. The van der Waals surface area contributed by atoms with E-state index in [0.717, 1.165) is 24.3 Å². The first-order valence-electron chi connectivity index (χ1n) is 5.78. The summed E-state index contributed by atoms with van der Waals surface area (Å²) in [4.78, 5) is 9.89. The smallest absolute Gasteiger partial charge is 0.335 e. The molecule has 0 saturated heterocycles. The van der Waals surface area contributed by atoms with Crippen LogP contribution in [0.1, 0.15) is 10.4 Å². The van der Waals surface area contributed by atoms with Crippen molar-refractivity contribution in [2.75, 3.05) is 6.26 Å². The highest BCUT2D eigenvalue weighted by Crippen LogP contribution is 2.36. The van der Waals surface area contributed by atoms with E-state index >= 15 is 0 Å². The Morgan fingerprint density at radius 2 is 1.50 bits per heavy atom. The number of carboxylic acid groups (broad SMARTS) is 1. The van der Waals surface area contributed by atoms with Gasteiger partial charge in [-0.25, -0.2) is 13.6 Å². The van der Waals surface area contributed by atoms with Crippen molar-refractivity contribution in [1.29, 1.82) is 0 Å². The van der Waals surface area contributed by atoms with Crippen LogP contribution in [0, 0.1) is 23.3 Å². The van der Waals surface area contributed by atoms with E-state index in [9.17, 15) is 22.4 Å². The molecule has 116 valence electrons. The molecule has 2 aromatic carbocycles. The third-order valence-electron chi connectivity index (χ3n) is 2.71. The van der Waals surface area contributed by atoms with E-state index in [1.807, 2.05) is 0 Å². The van der Waals surface area contributed by atoms with Gasteiger partial charge in [0.1, 0.15) is 5.75 Å². The van der Waals surface area contributed by atoms with Crippen LogP contribution in [0.5, 0.6) is 11.5 Å². The van der Waals surface area contributed by atoms with Gasteiger partial charge in [0.25, 0.3) is 0 Å². The standard InChI is InChI=1S/C14H8F4O3S/c1-22-13-10(17)8(15)12(9(16)11(13)18)21-7-4-2-6(3-5-7)14(19)20/h2-5H,1H3,(H,19,20). The molecule has 0 aliphatic rings. The Kier molecular flexibility index (Phi) is 4.60. The van der Waals surface area contributed by atoms with Crippen molar-refractivity contribution in [1.82, 2.24) is 0 Å². The van der Waals surface area contributed by atoms with Gasteiger partial charge in [0.2, 0.25) is 17.4 Å². The summed E-state index contributed by atoms with van der Waals surface area (Å²) in [5.41, 5.74) is -0.0802. The first-order valence-corrected chi connectivity index (χ1v) is 7.00. The molecule has 0 atom stereocenters. The number of halogens is 4. The predicted octanol–water partition coefficient (Wildman–Crippen LogP) is 4.46. The Bertz CT molecular complexity index is 703. The number of carbonyl (C=O) groups is 1. The molecule has 0 spiro atoms. The molecule has 0 aliphatic heterocycles. The average Bonchev–Trinajstić information content (AvgIpc) is 2.50. The Balaban J connectivity index is 2.43. The number of hydrogen-bond acceptors (Lipinski definition) is 3. The van der Waals surface area contributed by atoms with Gasteiger partial charge >= 0.3 is 5.97 Å². The van der Waals surface area contributed by atoms with Crippen molar-refractivity contribution < 1.29 is 32.2 Å². The molecule has 0 aromatic heterocycles. The maximum atomic E-state index is 13.8. The highest BCUT2D eigenvalue weighted by Gasteiger charge is 2.26. The van der Waals surface area contributed by atoms with Gasteiger partial charge in [-0.3, -0.25) is 0 Å². The van der Waals surface area contributed by atoms with Crippen LogP contribution in [-0.2, 0) is 0 Å². The summed E-state index contributed by atoms with van der Waals surface area (Å²) in [5, 5.41) is 8.72. The quantitative estimate of drug-likeness (QED) is 0.510. The summed E-state index contributed by atoms with van der Waals surface area (Å²) >= 11 is 0.520. The minimum Gasteiger partial charge on any atom is -0.478 e. The third-order valence-corrected chi connectivity index (χ3v) is 3.47. The number of thioether (sulfide) groups is 1. The summed E-state index contributed by atoms with van der Waals surface area (Å²) < 4.78 is 59.6. The first kappa shape index (κ1) is 16.2. The molecular weight excluding hydrogens is 324 g/mol. The van der Waals surface area contributed by atoms with Crippen LogP contribution in [0.4, 0.5) is 17.6 Å². The van der Waals surface area contributed by atoms with E-state index in [2.05, 4.69) is 0 Å². The summed E-state index contributed by atoms with van der Waals surface area (Å²) in [5.74, 6) is -9.03. The highest BCUT2D eigenvalue weighted by atomic mass is 32.2. The Labute approximate surface area is 126 Å². The van der Waals surface area contributed by atoms with Gasteiger partial charge in [-0.05, 0) is 30.5 Å². The van der Waals surface area contributed by atoms with E-state index in [1.54, 1.807) is 0 Å². The fourth-order valence-electron chi connectivity index (χ4n) is 1.64. The van der Waals surface area contributed by atoms with Gasteiger partial charge in [0, 0.05) is 0 Å². The van der Waals surface area contributed by atoms with Gasteiger partial charge < -0.3 is 9.84 Å². The predicted molar refractivity (Wildman–Crippen MR) is 71.5 cm³/mol. The fraction of sp³-hybridized carbons (Fsp3) is 0.0714. The molecular formula is C14H8F4O3S. The molecule has 1 N–H and O–H groups in total. The van der Waals surface area contributed by atoms with Gasteiger partial charge in [-0.2, -0.15) is 8.78 Å². The fourth-order valence-corrected chi connectivity index (χ4v) is 2.18. The second-order valence-electron chi connectivity index (χ2n) is 4.05. The maximum Gasteiger partial charge on any atom is 0.335 e. The SMILES string of the molecule is CSc1c(F)c(F)c(Oc2ccc(C(=O)O)cc2)c(F)c1F. The molecule has 0 fully saturated rings. The van der Waals surface area contributed by atoms with Crippen LogP contribution in [0.15, 0.2) is 29.2 Å². The van der Waals surface area contributed by atoms with E-state index < -0.39 is 39.9 Å². The van der Waals surface area contributed by atoms with Crippen molar-refractivity contribution in [3.63, 3.8) is 0 Å². The van der Waals surface area contributed by atoms with Crippen molar-refractivity contribution in [3.8, 4) is 11.5 Å². The summed E-state index contributed by atoms with van der Waals surface area (Å²) in [7, 11) is 0. The average molecular weight is 332 g/mol. The third kappa shape index (κ3) is 2.87. The molecule has 0 amide bonds. The van der Waals surface area contributed by atoms with Gasteiger partial charge in [0.05, 0.1) is 10.5 Å². The molecule has 0 unspecified atom stereocenters. The zero-order valence-electron chi connectivity index (χ0n) is 11.0. The molecule has 3 nitrogen and oxygen atoms in total. The van der Waals surface area contributed by atoms with Crippen LogP contribution in [0.2, 0.25) is 0 Å². The number of ether oxygens (including phenoxy) is 1. The maximum absolute atomic E-state index is 13.8. The highest BCUT2D eigenvalue weighted by molar-refractivity contribution is 7.98. The lowest BCUT2D eigenvalue weighted by molar-refractivity contribution is 0.0697. The minimum absolute atomic E-state index is 0.0802. The normalized spacial score (nSPS) is 10.6. The summed E-state index contributed by atoms with van der Waals surface area (Å²) in [6, 6.07) is 4.47. The second kappa shape index (κ2) is 6.27. The zero-order valence-corrected chi connectivity index (χ0v) is 11.8. The minimum atomic E-state index is -1.66. The lowest BCUT2D eigenvalue weighted by atomic mass is 10.2. The molecule has 2 aromatic rings. The Hall–Kier alpha value is -2.22. The van der Waals surface area contributed by atoms with E-state index in [-0.39, 0.29) is 11.3 Å². The molecule has 0 saturated carbocycles. The second-order valence-corrected chi connectivity index (χ2v) is 4.87. The number of aromatic carboxylic acids is 1. The molecule has 0 aliphatic carbocycles. The van der Waals surface area contributed by atoms with Crippen molar-refractivity contribution >= 4 is 17.7 Å². The lowest BCUT2D eigenvalue weighted by Crippen LogP contribution is -2.03. The number of hydrogen-bond donors (Lipinski definition) is 1. The van der Waals surface area contributed by atoms with E-state index in [4.69, 9.17) is 9.84 Å². The van der Waals surface area contributed by atoms with Gasteiger partial charge in [-0.15, -0.1) is 11.8 Å². The van der Waals surface area contributed by atoms with E-state index in [1.165, 1.54) is 6.26 Å². The van der Waals surface area contributed by atoms with Crippen molar-refractivity contribution in [2.45, 2.75) is 4.90 Å². The molecule has 22 heavy (non-hydrogen) atoms. The van der Waals surface area contributed by atoms with E-state index in [0.29, 0.717) is 11.8 Å².